The van der Waals surface area contributed by atoms with Gasteiger partial charge in [-0.2, -0.15) is 4.98 Å². The average molecular weight is 323 g/mol. The first-order valence-electron chi connectivity index (χ1n) is 6.07. The fraction of sp³-hybridized carbons (Fsp3) is 0.286. The number of hydrogen-bond acceptors (Lipinski definition) is 3. The predicted molar refractivity (Wildman–Crippen MR) is 74.5 cm³/mol. The van der Waals surface area contributed by atoms with Crippen LogP contribution in [0.3, 0.4) is 0 Å². The first kappa shape index (κ1) is 12.5. The standard InChI is InChI=1S/C14H12BrFN2O/c1-8-6-9(2-3-10(8)16)7-13-18-14-11(19-13)4-5-12(15)17-14/h2-6,8,10H,7H2,1H3. The molecule has 0 saturated heterocycles. The van der Waals surface area contributed by atoms with E-state index in [1.54, 1.807) is 12.2 Å². The summed E-state index contributed by atoms with van der Waals surface area (Å²) in [5, 5.41) is 0. The fourth-order valence-electron chi connectivity index (χ4n) is 2.08. The summed E-state index contributed by atoms with van der Waals surface area (Å²) in [6.07, 6.45) is 4.95. The highest BCUT2D eigenvalue weighted by Gasteiger charge is 2.17. The van der Waals surface area contributed by atoms with Crippen LogP contribution in [0.1, 0.15) is 12.8 Å². The zero-order valence-electron chi connectivity index (χ0n) is 10.3. The van der Waals surface area contributed by atoms with Gasteiger partial charge >= 0.3 is 0 Å². The number of pyridine rings is 1. The molecule has 5 heteroatoms. The second kappa shape index (κ2) is 4.89. The smallest absolute Gasteiger partial charge is 0.201 e. The summed E-state index contributed by atoms with van der Waals surface area (Å²) in [5.41, 5.74) is 2.27. The second-order valence-electron chi connectivity index (χ2n) is 4.64. The van der Waals surface area contributed by atoms with E-state index in [1.807, 2.05) is 25.1 Å². The Morgan fingerprint density at radius 1 is 1.37 bits per heavy atom. The quantitative estimate of drug-likeness (QED) is 0.784. The van der Waals surface area contributed by atoms with E-state index in [-0.39, 0.29) is 5.92 Å². The summed E-state index contributed by atoms with van der Waals surface area (Å²) < 4.78 is 19.7. The lowest BCUT2D eigenvalue weighted by Crippen LogP contribution is -2.11. The Bertz CT molecular complexity index is 677. The molecule has 98 valence electrons. The maximum absolute atomic E-state index is 13.3. The van der Waals surface area contributed by atoms with E-state index in [4.69, 9.17) is 4.42 Å². The van der Waals surface area contributed by atoms with Crippen molar-refractivity contribution in [2.75, 3.05) is 0 Å². The van der Waals surface area contributed by atoms with Gasteiger partial charge in [-0.15, -0.1) is 0 Å². The molecular weight excluding hydrogens is 311 g/mol. The van der Waals surface area contributed by atoms with Crippen molar-refractivity contribution in [2.24, 2.45) is 5.92 Å². The molecular formula is C14H12BrFN2O. The number of fused-ring (bicyclic) bond motifs is 1. The Labute approximate surface area is 118 Å². The van der Waals surface area contributed by atoms with Gasteiger partial charge in [-0.25, -0.2) is 9.37 Å². The molecule has 0 saturated carbocycles. The SMILES string of the molecule is CC1C=C(Cc2nc3nc(Br)ccc3o2)C=CC1F. The highest BCUT2D eigenvalue weighted by atomic mass is 79.9. The van der Waals surface area contributed by atoms with Crippen molar-refractivity contribution in [3.05, 3.63) is 46.4 Å². The lowest BCUT2D eigenvalue weighted by molar-refractivity contribution is 0.332. The van der Waals surface area contributed by atoms with Crippen molar-refractivity contribution in [2.45, 2.75) is 19.5 Å². The van der Waals surface area contributed by atoms with Gasteiger partial charge in [0.25, 0.3) is 0 Å². The first-order valence-corrected chi connectivity index (χ1v) is 6.86. The molecule has 0 aliphatic heterocycles. The van der Waals surface area contributed by atoms with Crippen molar-refractivity contribution < 1.29 is 8.81 Å². The van der Waals surface area contributed by atoms with Gasteiger partial charge in [0.15, 0.2) is 11.2 Å². The molecule has 1 aliphatic carbocycles. The highest BCUT2D eigenvalue weighted by molar-refractivity contribution is 9.10. The van der Waals surface area contributed by atoms with Crippen LogP contribution in [0.2, 0.25) is 0 Å². The predicted octanol–water partition coefficient (Wildman–Crippen LogP) is 4.00. The van der Waals surface area contributed by atoms with Gasteiger partial charge in [-0.1, -0.05) is 19.1 Å². The summed E-state index contributed by atoms with van der Waals surface area (Å²) in [4.78, 5) is 8.57. The Hall–Kier alpha value is -1.49. The number of nitrogens with zero attached hydrogens (tertiary/aromatic N) is 2. The minimum Gasteiger partial charge on any atom is -0.439 e. The first-order chi connectivity index (χ1) is 9.11. The van der Waals surface area contributed by atoms with E-state index < -0.39 is 6.17 Å². The summed E-state index contributed by atoms with van der Waals surface area (Å²) in [5.74, 6) is 0.498. The van der Waals surface area contributed by atoms with E-state index in [0.29, 0.717) is 23.5 Å². The molecule has 2 heterocycles. The molecule has 3 nitrogen and oxygen atoms in total. The molecule has 0 bridgehead atoms. The second-order valence-corrected chi connectivity index (χ2v) is 5.46. The number of halogens is 2. The molecule has 0 radical (unpaired) electrons. The Morgan fingerprint density at radius 2 is 2.21 bits per heavy atom. The number of hydrogen-bond donors (Lipinski definition) is 0. The molecule has 0 aromatic carbocycles. The van der Waals surface area contributed by atoms with Crippen LogP contribution in [0, 0.1) is 5.92 Å². The minimum atomic E-state index is -0.898. The van der Waals surface area contributed by atoms with Crippen molar-refractivity contribution in [3.63, 3.8) is 0 Å². The summed E-state index contributed by atoms with van der Waals surface area (Å²) in [6.45, 7) is 1.86. The van der Waals surface area contributed by atoms with Crippen LogP contribution in [0.4, 0.5) is 4.39 Å². The van der Waals surface area contributed by atoms with Crippen LogP contribution in [-0.2, 0) is 6.42 Å². The fourth-order valence-corrected chi connectivity index (χ4v) is 2.38. The number of oxazole rings is 1. The van der Waals surface area contributed by atoms with Gasteiger partial charge in [-0.3, -0.25) is 0 Å². The van der Waals surface area contributed by atoms with Crippen LogP contribution >= 0.6 is 15.9 Å². The van der Waals surface area contributed by atoms with E-state index in [9.17, 15) is 4.39 Å². The maximum Gasteiger partial charge on any atom is 0.201 e. The van der Waals surface area contributed by atoms with E-state index in [2.05, 4.69) is 25.9 Å². The average Bonchev–Trinajstić information content (AvgIpc) is 2.75. The van der Waals surface area contributed by atoms with E-state index in [1.165, 1.54) is 0 Å². The van der Waals surface area contributed by atoms with Crippen LogP contribution < -0.4 is 0 Å². The Balaban J connectivity index is 1.86. The van der Waals surface area contributed by atoms with Crippen LogP contribution in [0.15, 0.2) is 45.0 Å². The highest BCUT2D eigenvalue weighted by Crippen LogP contribution is 2.23. The third kappa shape index (κ3) is 2.61. The number of rotatable bonds is 2. The third-order valence-corrected chi connectivity index (χ3v) is 3.53. The summed E-state index contributed by atoms with van der Waals surface area (Å²) >= 11 is 3.30. The van der Waals surface area contributed by atoms with Crippen molar-refractivity contribution in [1.82, 2.24) is 9.97 Å². The largest absolute Gasteiger partial charge is 0.439 e. The number of alkyl halides is 1. The van der Waals surface area contributed by atoms with Crippen LogP contribution in [-0.4, -0.2) is 16.1 Å². The molecule has 1 aliphatic rings. The molecule has 2 atom stereocenters. The number of aromatic nitrogens is 2. The normalized spacial score (nSPS) is 22.8. The monoisotopic (exact) mass is 322 g/mol. The zero-order valence-corrected chi connectivity index (χ0v) is 11.9. The topological polar surface area (TPSA) is 38.9 Å². The van der Waals surface area contributed by atoms with Gasteiger partial charge in [0.1, 0.15) is 10.8 Å². The molecule has 2 aromatic heterocycles. The Kier molecular flexibility index (Phi) is 3.22. The molecule has 0 amide bonds. The van der Waals surface area contributed by atoms with Gasteiger partial charge in [0, 0.05) is 12.3 Å². The molecule has 2 unspecified atom stereocenters. The lowest BCUT2D eigenvalue weighted by Gasteiger charge is -2.15. The van der Waals surface area contributed by atoms with Crippen molar-refractivity contribution in [3.8, 4) is 0 Å². The summed E-state index contributed by atoms with van der Waals surface area (Å²) in [6, 6.07) is 3.64. The minimum absolute atomic E-state index is 0.100. The lowest BCUT2D eigenvalue weighted by atomic mass is 9.95. The Morgan fingerprint density at radius 3 is 3.00 bits per heavy atom. The molecule has 0 spiro atoms. The number of allylic oxidation sites excluding steroid dienone is 4. The third-order valence-electron chi connectivity index (χ3n) is 3.09. The molecule has 0 fully saturated rings. The summed E-state index contributed by atoms with van der Waals surface area (Å²) in [7, 11) is 0. The van der Waals surface area contributed by atoms with Gasteiger partial charge in [-0.05, 0) is 39.7 Å². The van der Waals surface area contributed by atoms with Crippen molar-refractivity contribution in [1.29, 1.82) is 0 Å². The van der Waals surface area contributed by atoms with E-state index >= 15 is 0 Å². The van der Waals surface area contributed by atoms with E-state index in [0.717, 1.165) is 10.2 Å². The molecule has 2 aromatic rings. The molecule has 19 heavy (non-hydrogen) atoms. The maximum atomic E-state index is 13.3. The van der Waals surface area contributed by atoms with Gasteiger partial charge in [0.05, 0.1) is 0 Å². The van der Waals surface area contributed by atoms with Crippen LogP contribution in [0.5, 0.6) is 0 Å². The van der Waals surface area contributed by atoms with Crippen molar-refractivity contribution >= 4 is 27.2 Å². The molecule has 0 N–H and O–H groups in total. The van der Waals surface area contributed by atoms with Gasteiger partial charge in [0.2, 0.25) is 5.89 Å². The molecule has 3 rings (SSSR count). The zero-order chi connectivity index (χ0) is 13.4. The van der Waals surface area contributed by atoms with Crippen LogP contribution in [0.25, 0.3) is 11.2 Å². The van der Waals surface area contributed by atoms with Gasteiger partial charge < -0.3 is 4.42 Å².